The Kier molecular flexibility index (Phi) is 5.33. The van der Waals surface area contributed by atoms with Gasteiger partial charge in [0, 0.05) is 32.8 Å². The first-order valence-corrected chi connectivity index (χ1v) is 8.99. The van der Waals surface area contributed by atoms with Crippen LogP contribution in [0.2, 0.25) is 0 Å². The molecule has 1 aliphatic carbocycles. The molecule has 0 aliphatic heterocycles. The quantitative estimate of drug-likeness (QED) is 0.465. The van der Waals surface area contributed by atoms with Gasteiger partial charge in [0.15, 0.2) is 11.6 Å². The van der Waals surface area contributed by atoms with Crippen molar-refractivity contribution < 1.29 is 0 Å². The lowest BCUT2D eigenvalue weighted by Gasteiger charge is -2.41. The van der Waals surface area contributed by atoms with Crippen molar-refractivity contribution >= 4 is 11.6 Å². The van der Waals surface area contributed by atoms with Crippen molar-refractivity contribution in [2.24, 2.45) is 10.4 Å². The van der Waals surface area contributed by atoms with Gasteiger partial charge in [-0.2, -0.15) is 0 Å². The molecule has 0 amide bonds. The van der Waals surface area contributed by atoms with Crippen molar-refractivity contribution in [2.75, 3.05) is 20.1 Å². The van der Waals surface area contributed by atoms with Gasteiger partial charge < -0.3 is 10.6 Å². The molecule has 1 fully saturated rings. The molecule has 0 aromatic carbocycles. The van der Waals surface area contributed by atoms with Crippen LogP contribution in [0.15, 0.2) is 29.4 Å². The maximum Gasteiger partial charge on any atom is 0.190 e. The van der Waals surface area contributed by atoms with Gasteiger partial charge >= 0.3 is 0 Å². The van der Waals surface area contributed by atoms with Crippen molar-refractivity contribution in [2.45, 2.75) is 45.4 Å². The standard InChI is InChI=1S/C18H28N6/c1-3-18(10-7-11-18)14-21-17(19-2)20-12-6-9-16-23-22-15-8-4-5-13-24(15)16/h4-5,8,13H,3,6-7,9-12,14H2,1-2H3,(H2,19,20,21). The van der Waals surface area contributed by atoms with Crippen LogP contribution < -0.4 is 10.6 Å². The zero-order chi connectivity index (χ0) is 16.8. The van der Waals surface area contributed by atoms with E-state index in [2.05, 4.69) is 37.1 Å². The highest BCUT2D eigenvalue weighted by molar-refractivity contribution is 5.79. The topological polar surface area (TPSA) is 66.6 Å². The Morgan fingerprint density at radius 2 is 2.17 bits per heavy atom. The summed E-state index contributed by atoms with van der Waals surface area (Å²) in [6.45, 7) is 4.19. The van der Waals surface area contributed by atoms with Gasteiger partial charge in [-0.05, 0) is 43.2 Å². The highest BCUT2D eigenvalue weighted by Gasteiger charge is 2.34. The summed E-state index contributed by atoms with van der Waals surface area (Å²) >= 11 is 0. The van der Waals surface area contributed by atoms with Crippen LogP contribution in [-0.4, -0.2) is 40.7 Å². The van der Waals surface area contributed by atoms with E-state index in [1.165, 1.54) is 25.7 Å². The van der Waals surface area contributed by atoms with Crippen LogP contribution in [0, 0.1) is 5.41 Å². The maximum absolute atomic E-state index is 4.33. The van der Waals surface area contributed by atoms with Crippen LogP contribution in [0.25, 0.3) is 5.65 Å². The van der Waals surface area contributed by atoms with Gasteiger partial charge in [-0.3, -0.25) is 9.39 Å². The average molecular weight is 328 g/mol. The van der Waals surface area contributed by atoms with Crippen LogP contribution in [0.1, 0.15) is 44.9 Å². The van der Waals surface area contributed by atoms with E-state index in [-0.39, 0.29) is 0 Å². The van der Waals surface area contributed by atoms with E-state index in [0.29, 0.717) is 5.41 Å². The summed E-state index contributed by atoms with van der Waals surface area (Å²) in [5, 5.41) is 15.4. The molecule has 0 saturated heterocycles. The first-order chi connectivity index (χ1) is 11.8. The summed E-state index contributed by atoms with van der Waals surface area (Å²) in [6.07, 6.45) is 9.20. The molecule has 2 aromatic rings. The molecule has 2 N–H and O–H groups in total. The summed E-state index contributed by atoms with van der Waals surface area (Å²) in [4.78, 5) is 4.33. The number of aromatic nitrogens is 3. The van der Waals surface area contributed by atoms with E-state index < -0.39 is 0 Å². The third-order valence-corrected chi connectivity index (χ3v) is 5.27. The lowest BCUT2D eigenvalue weighted by atomic mass is 9.67. The second-order valence-corrected chi connectivity index (χ2v) is 6.71. The minimum atomic E-state index is 0.498. The molecule has 0 bridgehead atoms. The van der Waals surface area contributed by atoms with Gasteiger partial charge in [-0.25, -0.2) is 0 Å². The average Bonchev–Trinajstić information content (AvgIpc) is 2.99. The van der Waals surface area contributed by atoms with Crippen molar-refractivity contribution in [3.8, 4) is 0 Å². The molecular weight excluding hydrogens is 300 g/mol. The van der Waals surface area contributed by atoms with Gasteiger partial charge in [-0.1, -0.05) is 19.4 Å². The number of hydrogen-bond donors (Lipinski definition) is 2. The van der Waals surface area contributed by atoms with E-state index in [9.17, 15) is 0 Å². The number of nitrogens with one attached hydrogen (secondary N) is 2. The molecule has 0 atom stereocenters. The summed E-state index contributed by atoms with van der Waals surface area (Å²) in [5.41, 5.74) is 1.40. The minimum Gasteiger partial charge on any atom is -0.356 e. The lowest BCUT2D eigenvalue weighted by Crippen LogP contribution is -2.46. The van der Waals surface area contributed by atoms with E-state index in [1.54, 1.807) is 0 Å². The van der Waals surface area contributed by atoms with E-state index in [1.807, 2.05) is 31.4 Å². The number of hydrogen-bond acceptors (Lipinski definition) is 3. The zero-order valence-electron chi connectivity index (χ0n) is 14.8. The summed E-state index contributed by atoms with van der Waals surface area (Å²) in [6, 6.07) is 5.97. The molecule has 130 valence electrons. The monoisotopic (exact) mass is 328 g/mol. The molecule has 1 aliphatic rings. The Morgan fingerprint density at radius 3 is 2.88 bits per heavy atom. The van der Waals surface area contributed by atoms with Crippen LogP contribution in [-0.2, 0) is 6.42 Å². The fourth-order valence-corrected chi connectivity index (χ4v) is 3.34. The number of fused-ring (bicyclic) bond motifs is 1. The number of nitrogens with zero attached hydrogens (tertiary/aromatic N) is 4. The number of rotatable bonds is 7. The summed E-state index contributed by atoms with van der Waals surface area (Å²) < 4.78 is 2.05. The lowest BCUT2D eigenvalue weighted by molar-refractivity contribution is 0.131. The Balaban J connectivity index is 1.42. The van der Waals surface area contributed by atoms with Crippen molar-refractivity contribution in [3.05, 3.63) is 30.2 Å². The molecule has 6 heteroatoms. The van der Waals surface area contributed by atoms with Gasteiger partial charge in [0.2, 0.25) is 0 Å². The second kappa shape index (κ2) is 7.64. The van der Waals surface area contributed by atoms with E-state index in [4.69, 9.17) is 0 Å². The van der Waals surface area contributed by atoms with Crippen LogP contribution in [0.4, 0.5) is 0 Å². The molecule has 24 heavy (non-hydrogen) atoms. The number of guanidine groups is 1. The molecule has 3 rings (SSSR count). The predicted octanol–water partition coefficient (Wildman–Crippen LogP) is 2.41. The Hall–Kier alpha value is -2.11. The number of aliphatic imine (C=N–C) groups is 1. The molecular formula is C18H28N6. The van der Waals surface area contributed by atoms with Crippen LogP contribution in [0.5, 0.6) is 0 Å². The summed E-state index contributed by atoms with van der Waals surface area (Å²) in [7, 11) is 1.83. The molecule has 0 unspecified atom stereocenters. The third-order valence-electron chi connectivity index (χ3n) is 5.27. The number of aryl methyl sites for hydroxylation is 1. The SMILES string of the molecule is CCC1(CNC(=NC)NCCCc2nnc3ccccn23)CCC1. The van der Waals surface area contributed by atoms with Crippen LogP contribution >= 0.6 is 0 Å². The van der Waals surface area contributed by atoms with Gasteiger partial charge in [0.25, 0.3) is 0 Å². The van der Waals surface area contributed by atoms with Gasteiger partial charge in [-0.15, -0.1) is 10.2 Å². The maximum atomic E-state index is 4.33. The normalized spacial score (nSPS) is 16.8. The predicted molar refractivity (Wildman–Crippen MR) is 97.2 cm³/mol. The van der Waals surface area contributed by atoms with Crippen molar-refractivity contribution in [1.82, 2.24) is 25.2 Å². The van der Waals surface area contributed by atoms with E-state index in [0.717, 1.165) is 43.4 Å². The molecule has 0 spiro atoms. The Bertz CT molecular complexity index is 680. The van der Waals surface area contributed by atoms with Crippen molar-refractivity contribution in [3.63, 3.8) is 0 Å². The second-order valence-electron chi connectivity index (χ2n) is 6.71. The third kappa shape index (κ3) is 3.68. The highest BCUT2D eigenvalue weighted by atomic mass is 15.2. The molecule has 1 saturated carbocycles. The summed E-state index contributed by atoms with van der Waals surface area (Å²) in [5.74, 6) is 1.91. The molecule has 2 aromatic heterocycles. The Labute approximate surface area is 143 Å². The van der Waals surface area contributed by atoms with Gasteiger partial charge in [0.1, 0.15) is 5.82 Å². The minimum absolute atomic E-state index is 0.498. The first kappa shape index (κ1) is 16.7. The molecule has 2 heterocycles. The first-order valence-electron chi connectivity index (χ1n) is 8.99. The largest absolute Gasteiger partial charge is 0.356 e. The molecule has 6 nitrogen and oxygen atoms in total. The van der Waals surface area contributed by atoms with E-state index >= 15 is 0 Å². The zero-order valence-corrected chi connectivity index (χ0v) is 14.8. The fraction of sp³-hybridized carbons (Fsp3) is 0.611. The van der Waals surface area contributed by atoms with Crippen molar-refractivity contribution in [1.29, 1.82) is 0 Å². The van der Waals surface area contributed by atoms with Gasteiger partial charge in [0.05, 0.1) is 0 Å². The molecule has 0 radical (unpaired) electrons. The Morgan fingerprint density at radius 1 is 1.29 bits per heavy atom. The number of pyridine rings is 1. The highest BCUT2D eigenvalue weighted by Crippen LogP contribution is 2.42. The van der Waals surface area contributed by atoms with Crippen LogP contribution in [0.3, 0.4) is 0 Å². The smallest absolute Gasteiger partial charge is 0.190 e. The fourth-order valence-electron chi connectivity index (χ4n) is 3.34.